The second kappa shape index (κ2) is 5.31. The lowest BCUT2D eigenvalue weighted by Gasteiger charge is -2.42. The van der Waals surface area contributed by atoms with Crippen LogP contribution in [0.25, 0.3) is 0 Å². The topological polar surface area (TPSA) is 57.2 Å². The Labute approximate surface area is 140 Å². The molecule has 0 radical (unpaired) electrons. The predicted octanol–water partition coefficient (Wildman–Crippen LogP) is 3.29. The van der Waals surface area contributed by atoms with Gasteiger partial charge in [-0.05, 0) is 23.8 Å². The van der Waals surface area contributed by atoms with Crippen LogP contribution in [-0.4, -0.2) is 24.8 Å². The molecule has 1 N–H and O–H groups in total. The van der Waals surface area contributed by atoms with Crippen molar-refractivity contribution in [1.29, 1.82) is 0 Å². The summed E-state index contributed by atoms with van der Waals surface area (Å²) in [6.45, 7) is 3.89. The van der Waals surface area contributed by atoms with E-state index in [1.807, 2.05) is 37.3 Å². The Hall–Kier alpha value is -2.40. The van der Waals surface area contributed by atoms with E-state index in [9.17, 15) is 5.11 Å². The highest BCUT2D eigenvalue weighted by Crippen LogP contribution is 2.51. The maximum atomic E-state index is 10.8. The average molecular weight is 328 g/mol. The van der Waals surface area contributed by atoms with Crippen LogP contribution in [0.3, 0.4) is 0 Å². The molecule has 0 unspecified atom stereocenters. The van der Waals surface area contributed by atoms with Gasteiger partial charge in [0.25, 0.3) is 0 Å². The number of ether oxygens (including phenoxy) is 4. The van der Waals surface area contributed by atoms with E-state index in [2.05, 4.69) is 0 Å². The maximum absolute atomic E-state index is 10.8. The van der Waals surface area contributed by atoms with Crippen molar-refractivity contribution in [2.75, 3.05) is 13.9 Å². The van der Waals surface area contributed by atoms with Crippen LogP contribution in [0, 0.1) is 5.92 Å². The normalized spacial score (nSPS) is 27.3. The van der Waals surface area contributed by atoms with Crippen molar-refractivity contribution in [3.63, 3.8) is 0 Å². The van der Waals surface area contributed by atoms with Gasteiger partial charge in [-0.15, -0.1) is 0 Å². The zero-order chi connectivity index (χ0) is 16.9. The molecule has 0 spiro atoms. The van der Waals surface area contributed by atoms with Gasteiger partial charge >= 0.3 is 0 Å². The fraction of sp³-hybridized carbons (Fsp3) is 0.368. The minimum Gasteiger partial charge on any atom is -0.497 e. The molecule has 24 heavy (non-hydrogen) atoms. The number of aliphatic hydroxyl groups is 1. The molecule has 2 aliphatic heterocycles. The van der Waals surface area contributed by atoms with Gasteiger partial charge < -0.3 is 24.1 Å². The number of benzene rings is 2. The van der Waals surface area contributed by atoms with Crippen molar-refractivity contribution in [3.05, 3.63) is 47.5 Å². The molecule has 2 aliphatic rings. The van der Waals surface area contributed by atoms with E-state index in [0.29, 0.717) is 17.2 Å². The lowest BCUT2D eigenvalue weighted by Crippen LogP contribution is -2.45. The van der Waals surface area contributed by atoms with Gasteiger partial charge in [0.15, 0.2) is 11.5 Å². The zero-order valence-corrected chi connectivity index (χ0v) is 13.9. The Balaban J connectivity index is 1.85. The second-order valence-corrected chi connectivity index (χ2v) is 6.44. The molecule has 0 amide bonds. The third-order valence-corrected chi connectivity index (χ3v) is 4.98. The molecule has 5 nitrogen and oxygen atoms in total. The van der Waals surface area contributed by atoms with Gasteiger partial charge in [0.1, 0.15) is 11.5 Å². The first-order valence-corrected chi connectivity index (χ1v) is 7.98. The molecule has 2 aromatic rings. The molecule has 4 rings (SSSR count). The number of methoxy groups -OCH3 is 1. The van der Waals surface area contributed by atoms with Gasteiger partial charge in [0, 0.05) is 30.4 Å². The van der Waals surface area contributed by atoms with Crippen LogP contribution in [0.15, 0.2) is 36.4 Å². The molecule has 0 fully saturated rings. The fourth-order valence-electron chi connectivity index (χ4n) is 3.44. The molecule has 0 bridgehead atoms. The molecule has 3 atom stereocenters. The molecule has 126 valence electrons. The van der Waals surface area contributed by atoms with Crippen molar-refractivity contribution >= 4 is 0 Å². The second-order valence-electron chi connectivity index (χ2n) is 6.44. The van der Waals surface area contributed by atoms with Gasteiger partial charge in [0.05, 0.1) is 7.11 Å². The number of rotatable bonds is 2. The molecule has 0 saturated heterocycles. The lowest BCUT2D eigenvalue weighted by molar-refractivity contribution is -0.171. The Kier molecular flexibility index (Phi) is 3.35. The van der Waals surface area contributed by atoms with E-state index in [0.717, 1.165) is 16.9 Å². The summed E-state index contributed by atoms with van der Waals surface area (Å²) >= 11 is 0. The van der Waals surface area contributed by atoms with Crippen LogP contribution in [0.5, 0.6) is 23.0 Å². The highest BCUT2D eigenvalue weighted by Gasteiger charge is 2.44. The lowest BCUT2D eigenvalue weighted by atomic mass is 9.75. The van der Waals surface area contributed by atoms with Crippen LogP contribution in [0.2, 0.25) is 0 Å². The smallest absolute Gasteiger partial charge is 0.231 e. The Morgan fingerprint density at radius 1 is 1.08 bits per heavy atom. The first kappa shape index (κ1) is 15.1. The molecule has 5 heteroatoms. The van der Waals surface area contributed by atoms with E-state index in [1.54, 1.807) is 20.1 Å². The Bertz CT molecular complexity index is 766. The maximum Gasteiger partial charge on any atom is 0.231 e. The highest BCUT2D eigenvalue weighted by molar-refractivity contribution is 5.56. The van der Waals surface area contributed by atoms with Crippen LogP contribution in [0.1, 0.15) is 30.9 Å². The summed E-state index contributed by atoms with van der Waals surface area (Å²) in [5.41, 5.74) is 2.08. The summed E-state index contributed by atoms with van der Waals surface area (Å²) in [5.74, 6) is 1.35. The van der Waals surface area contributed by atoms with Gasteiger partial charge in [-0.1, -0.05) is 19.1 Å². The SMILES string of the molecule is COc1ccc([C@@H]2c3cc4c(cc3O[C@](C)(O)[C@H]2C)OCO4)cc1. The first-order chi connectivity index (χ1) is 11.5. The Morgan fingerprint density at radius 3 is 2.42 bits per heavy atom. The van der Waals surface area contributed by atoms with Crippen LogP contribution in [0.4, 0.5) is 0 Å². The number of fused-ring (bicyclic) bond motifs is 2. The third-order valence-electron chi connectivity index (χ3n) is 4.98. The van der Waals surface area contributed by atoms with Gasteiger partial charge in [-0.3, -0.25) is 0 Å². The molecule has 0 saturated carbocycles. The predicted molar refractivity (Wildman–Crippen MR) is 87.8 cm³/mol. The van der Waals surface area contributed by atoms with Gasteiger partial charge in [0.2, 0.25) is 12.6 Å². The third kappa shape index (κ3) is 2.27. The molecule has 0 aliphatic carbocycles. The largest absolute Gasteiger partial charge is 0.497 e. The summed E-state index contributed by atoms with van der Waals surface area (Å²) in [7, 11) is 1.65. The van der Waals surface area contributed by atoms with E-state index in [1.165, 1.54) is 0 Å². The van der Waals surface area contributed by atoms with Crippen molar-refractivity contribution in [2.24, 2.45) is 5.92 Å². The average Bonchev–Trinajstić information content (AvgIpc) is 3.01. The minimum atomic E-state index is -1.27. The summed E-state index contributed by atoms with van der Waals surface area (Å²) in [6, 6.07) is 11.7. The molecular formula is C19H20O5. The summed E-state index contributed by atoms with van der Waals surface area (Å²) in [5, 5.41) is 10.8. The summed E-state index contributed by atoms with van der Waals surface area (Å²) in [4.78, 5) is 0. The minimum absolute atomic E-state index is 0.0239. The molecule has 2 heterocycles. The highest BCUT2D eigenvalue weighted by atomic mass is 16.7. The molecular weight excluding hydrogens is 308 g/mol. The van der Waals surface area contributed by atoms with E-state index in [-0.39, 0.29) is 18.6 Å². The molecule has 0 aromatic heterocycles. The fourth-order valence-corrected chi connectivity index (χ4v) is 3.44. The number of hydrogen-bond donors (Lipinski definition) is 1. The Morgan fingerprint density at radius 2 is 1.75 bits per heavy atom. The molecule has 2 aromatic carbocycles. The van der Waals surface area contributed by atoms with Gasteiger partial charge in [-0.25, -0.2) is 0 Å². The standard InChI is InChI=1S/C19H20O5/c1-11-18(12-4-6-13(21-3)7-5-12)14-8-16-17(23-10-22-16)9-15(14)24-19(11,2)20/h4-9,11,18,20H,10H2,1-3H3/t11-,18+,19-/m0/s1. The summed E-state index contributed by atoms with van der Waals surface area (Å²) in [6.07, 6.45) is 0. The van der Waals surface area contributed by atoms with Crippen LogP contribution >= 0.6 is 0 Å². The quantitative estimate of drug-likeness (QED) is 0.917. The van der Waals surface area contributed by atoms with Crippen molar-refractivity contribution in [1.82, 2.24) is 0 Å². The van der Waals surface area contributed by atoms with Gasteiger partial charge in [-0.2, -0.15) is 0 Å². The zero-order valence-electron chi connectivity index (χ0n) is 13.9. The monoisotopic (exact) mass is 328 g/mol. The van der Waals surface area contributed by atoms with E-state index in [4.69, 9.17) is 18.9 Å². The van der Waals surface area contributed by atoms with Crippen molar-refractivity contribution in [2.45, 2.75) is 25.6 Å². The van der Waals surface area contributed by atoms with E-state index < -0.39 is 5.79 Å². The van der Waals surface area contributed by atoms with Crippen molar-refractivity contribution in [3.8, 4) is 23.0 Å². The van der Waals surface area contributed by atoms with E-state index >= 15 is 0 Å². The number of hydrogen-bond acceptors (Lipinski definition) is 5. The first-order valence-electron chi connectivity index (χ1n) is 7.98. The summed E-state index contributed by atoms with van der Waals surface area (Å²) < 4.78 is 22.0. The van der Waals surface area contributed by atoms with Crippen molar-refractivity contribution < 1.29 is 24.1 Å². The van der Waals surface area contributed by atoms with Crippen LogP contribution < -0.4 is 18.9 Å². The van der Waals surface area contributed by atoms with Crippen LogP contribution in [-0.2, 0) is 0 Å².